The molecule has 1 fully saturated rings. The van der Waals surface area contributed by atoms with Crippen LogP contribution in [0.4, 0.5) is 0 Å². The van der Waals surface area contributed by atoms with Crippen molar-refractivity contribution >= 4 is 9.84 Å². The third-order valence-electron chi connectivity index (χ3n) is 3.98. The van der Waals surface area contributed by atoms with E-state index in [0.29, 0.717) is 11.4 Å². The van der Waals surface area contributed by atoms with E-state index in [1.165, 1.54) is 0 Å². The molecule has 1 saturated carbocycles. The summed E-state index contributed by atoms with van der Waals surface area (Å²) in [5.74, 6) is 0.0361. The van der Waals surface area contributed by atoms with Crippen LogP contribution in [0, 0.1) is 5.92 Å². The van der Waals surface area contributed by atoms with Crippen molar-refractivity contribution in [2.75, 3.05) is 6.54 Å². The molecule has 0 spiro atoms. The summed E-state index contributed by atoms with van der Waals surface area (Å²) in [6.07, 6.45) is 0. The Kier molecular flexibility index (Phi) is 3.36. The van der Waals surface area contributed by atoms with Gasteiger partial charge in [-0.15, -0.1) is 0 Å². The Labute approximate surface area is 119 Å². The van der Waals surface area contributed by atoms with Gasteiger partial charge in [0.2, 0.25) is 0 Å². The largest absolute Gasteiger partial charge is 0.330 e. The maximum absolute atomic E-state index is 12.7. The molecule has 0 unspecified atom stereocenters. The van der Waals surface area contributed by atoms with Crippen molar-refractivity contribution in [3.63, 3.8) is 0 Å². The second-order valence-electron chi connectivity index (χ2n) is 5.16. The first-order valence-electron chi connectivity index (χ1n) is 6.70. The molecule has 0 saturated heterocycles. The molecule has 1 aliphatic rings. The fourth-order valence-electron chi connectivity index (χ4n) is 2.93. The van der Waals surface area contributed by atoms with Crippen LogP contribution in [0.5, 0.6) is 0 Å². The maximum Gasteiger partial charge on any atom is 0.182 e. The monoisotopic (exact) mass is 287 g/mol. The molecule has 4 heteroatoms. The van der Waals surface area contributed by atoms with E-state index >= 15 is 0 Å². The Bertz CT molecular complexity index is 683. The molecule has 104 valence electrons. The number of hydrogen-bond donors (Lipinski definition) is 1. The average Bonchev–Trinajstić information content (AvgIpc) is 3.24. The predicted molar refractivity (Wildman–Crippen MR) is 79.1 cm³/mol. The van der Waals surface area contributed by atoms with Crippen LogP contribution < -0.4 is 5.73 Å². The van der Waals surface area contributed by atoms with E-state index in [1.54, 1.807) is 24.3 Å². The van der Waals surface area contributed by atoms with Crippen LogP contribution in [0.3, 0.4) is 0 Å². The topological polar surface area (TPSA) is 60.2 Å². The molecule has 0 radical (unpaired) electrons. The maximum atomic E-state index is 12.7. The highest BCUT2D eigenvalue weighted by Crippen LogP contribution is 2.53. The fourth-order valence-corrected chi connectivity index (χ4v) is 5.17. The van der Waals surface area contributed by atoms with Crippen LogP contribution in [-0.4, -0.2) is 20.2 Å². The van der Waals surface area contributed by atoms with E-state index in [1.807, 2.05) is 36.4 Å². The molecule has 0 heterocycles. The fraction of sp³-hybridized carbons (Fsp3) is 0.250. The van der Waals surface area contributed by atoms with Crippen molar-refractivity contribution < 1.29 is 8.42 Å². The lowest BCUT2D eigenvalue weighted by Crippen LogP contribution is -2.13. The molecular formula is C16H17NO2S. The van der Waals surface area contributed by atoms with Gasteiger partial charge in [0.25, 0.3) is 0 Å². The minimum Gasteiger partial charge on any atom is -0.330 e. The molecule has 0 bridgehead atoms. The molecule has 2 aromatic rings. The lowest BCUT2D eigenvalue weighted by molar-refractivity contribution is 0.591. The Morgan fingerprint density at radius 3 is 2.00 bits per heavy atom. The van der Waals surface area contributed by atoms with Crippen molar-refractivity contribution in [3.8, 4) is 0 Å². The first-order valence-corrected chi connectivity index (χ1v) is 8.25. The molecule has 3 nitrogen and oxygen atoms in total. The highest BCUT2D eigenvalue weighted by atomic mass is 32.2. The second kappa shape index (κ2) is 5.04. The van der Waals surface area contributed by atoms with Gasteiger partial charge in [0.15, 0.2) is 9.84 Å². The van der Waals surface area contributed by atoms with E-state index in [-0.39, 0.29) is 11.8 Å². The molecule has 0 amide bonds. The van der Waals surface area contributed by atoms with Crippen molar-refractivity contribution in [3.05, 3.63) is 66.2 Å². The van der Waals surface area contributed by atoms with Gasteiger partial charge in [0, 0.05) is 5.92 Å². The quantitative estimate of drug-likeness (QED) is 0.938. The van der Waals surface area contributed by atoms with E-state index in [0.717, 1.165) is 5.56 Å². The van der Waals surface area contributed by atoms with Gasteiger partial charge in [-0.25, -0.2) is 8.42 Å². The van der Waals surface area contributed by atoms with Crippen molar-refractivity contribution in [1.82, 2.24) is 0 Å². The minimum absolute atomic E-state index is 0.0163. The normalized spacial score (nSPS) is 25.4. The summed E-state index contributed by atoms with van der Waals surface area (Å²) in [5, 5.41) is -0.391. The zero-order valence-corrected chi connectivity index (χ0v) is 11.8. The predicted octanol–water partition coefficient (Wildman–Crippen LogP) is 2.20. The van der Waals surface area contributed by atoms with Gasteiger partial charge in [-0.1, -0.05) is 48.5 Å². The number of rotatable bonds is 4. The number of benzene rings is 2. The molecule has 0 aliphatic heterocycles. The summed E-state index contributed by atoms with van der Waals surface area (Å²) >= 11 is 0. The van der Waals surface area contributed by atoms with Gasteiger partial charge < -0.3 is 5.73 Å². The highest BCUT2D eigenvalue weighted by Gasteiger charge is 2.57. The third kappa shape index (κ3) is 2.15. The van der Waals surface area contributed by atoms with Crippen molar-refractivity contribution in [2.45, 2.75) is 16.1 Å². The summed E-state index contributed by atoms with van der Waals surface area (Å²) in [6.45, 7) is 0.399. The molecule has 2 N–H and O–H groups in total. The molecule has 1 aliphatic carbocycles. The van der Waals surface area contributed by atoms with E-state index in [4.69, 9.17) is 5.73 Å². The van der Waals surface area contributed by atoms with Gasteiger partial charge in [0.05, 0.1) is 10.1 Å². The van der Waals surface area contributed by atoms with Gasteiger partial charge in [-0.3, -0.25) is 0 Å². The summed E-state index contributed by atoms with van der Waals surface area (Å²) in [5.41, 5.74) is 6.82. The molecular weight excluding hydrogens is 270 g/mol. The van der Waals surface area contributed by atoms with Gasteiger partial charge in [-0.05, 0) is 30.2 Å². The van der Waals surface area contributed by atoms with Crippen LogP contribution in [0.15, 0.2) is 65.6 Å². The molecule has 2 aromatic carbocycles. The Morgan fingerprint density at radius 1 is 0.900 bits per heavy atom. The average molecular weight is 287 g/mol. The van der Waals surface area contributed by atoms with Crippen LogP contribution in [0.25, 0.3) is 0 Å². The van der Waals surface area contributed by atoms with Gasteiger partial charge >= 0.3 is 0 Å². The van der Waals surface area contributed by atoms with E-state index < -0.39 is 15.1 Å². The molecule has 20 heavy (non-hydrogen) atoms. The molecule has 3 atom stereocenters. The third-order valence-corrected chi connectivity index (χ3v) is 6.27. The SMILES string of the molecule is NC[C@@H]1[C@@H](c2ccccc2)[C@H]1S(=O)(=O)c1ccccc1. The summed E-state index contributed by atoms with van der Waals surface area (Å²) in [6, 6.07) is 18.4. The summed E-state index contributed by atoms with van der Waals surface area (Å²) in [4.78, 5) is 0.391. The van der Waals surface area contributed by atoms with E-state index in [9.17, 15) is 8.42 Å². The van der Waals surface area contributed by atoms with Crippen molar-refractivity contribution in [1.29, 1.82) is 0 Å². The van der Waals surface area contributed by atoms with Crippen LogP contribution in [-0.2, 0) is 9.84 Å². The standard InChI is InChI=1S/C16H17NO2S/c17-11-14-15(12-7-3-1-4-8-12)16(14)20(18,19)13-9-5-2-6-10-13/h1-10,14-16H,11,17H2/t14-,15-,16+/m1/s1. The van der Waals surface area contributed by atoms with Gasteiger partial charge in [0.1, 0.15) is 0 Å². The highest BCUT2D eigenvalue weighted by molar-refractivity contribution is 7.92. The molecule has 3 rings (SSSR count). The van der Waals surface area contributed by atoms with Crippen LogP contribution in [0.2, 0.25) is 0 Å². The number of hydrogen-bond acceptors (Lipinski definition) is 3. The van der Waals surface area contributed by atoms with Crippen LogP contribution in [0.1, 0.15) is 11.5 Å². The van der Waals surface area contributed by atoms with Crippen molar-refractivity contribution in [2.24, 2.45) is 11.7 Å². The summed E-state index contributed by atoms with van der Waals surface area (Å²) in [7, 11) is -3.30. The number of nitrogens with two attached hydrogens (primary N) is 1. The first kappa shape index (κ1) is 13.3. The summed E-state index contributed by atoms with van der Waals surface area (Å²) < 4.78 is 25.4. The first-order chi connectivity index (χ1) is 9.66. The second-order valence-corrected chi connectivity index (χ2v) is 7.26. The minimum atomic E-state index is -3.30. The molecule has 0 aromatic heterocycles. The Hall–Kier alpha value is -1.65. The zero-order valence-electron chi connectivity index (χ0n) is 11.0. The lowest BCUT2D eigenvalue weighted by atomic mass is 10.1. The zero-order chi connectivity index (χ0) is 14.2. The Balaban J connectivity index is 1.95. The lowest BCUT2D eigenvalue weighted by Gasteiger charge is -2.04. The number of sulfone groups is 1. The van der Waals surface area contributed by atoms with Crippen LogP contribution >= 0.6 is 0 Å². The Morgan fingerprint density at radius 2 is 1.45 bits per heavy atom. The van der Waals surface area contributed by atoms with E-state index in [2.05, 4.69) is 0 Å². The van der Waals surface area contributed by atoms with Gasteiger partial charge in [-0.2, -0.15) is 0 Å². The smallest absolute Gasteiger partial charge is 0.182 e.